The summed E-state index contributed by atoms with van der Waals surface area (Å²) in [6.07, 6.45) is 0.114. The van der Waals surface area contributed by atoms with Gasteiger partial charge in [-0.3, -0.25) is 43.2 Å². The summed E-state index contributed by atoms with van der Waals surface area (Å²) in [5.41, 5.74) is 5.67. The Morgan fingerprint density at radius 2 is 1.32 bits per heavy atom. The van der Waals surface area contributed by atoms with Crippen LogP contribution in [0.15, 0.2) is 0 Å². The molecule has 0 aromatic rings. The Morgan fingerprint density at radius 1 is 0.750 bits per heavy atom. The Bertz CT molecular complexity index is 1480. The van der Waals surface area contributed by atoms with Crippen LogP contribution in [0.1, 0.15) is 77.6 Å². The largest absolute Gasteiger partial charge is 0.481 e. The quantitative estimate of drug-likeness (QED) is 0.0487. The molecule has 0 bridgehead atoms. The predicted octanol–water partition coefficient (Wildman–Crippen LogP) is -3.09. The average Bonchev–Trinajstić information content (AvgIpc) is 3.62. The minimum Gasteiger partial charge on any atom is -0.481 e. The van der Waals surface area contributed by atoms with Crippen molar-refractivity contribution in [3.05, 3.63) is 0 Å². The van der Waals surface area contributed by atoms with Gasteiger partial charge in [0.1, 0.15) is 30.2 Å². The van der Waals surface area contributed by atoms with Crippen LogP contribution in [0.3, 0.4) is 0 Å². The van der Waals surface area contributed by atoms with E-state index in [1.807, 2.05) is 0 Å². The van der Waals surface area contributed by atoms with Crippen molar-refractivity contribution < 1.29 is 73.5 Å². The van der Waals surface area contributed by atoms with E-state index in [0.29, 0.717) is 0 Å². The van der Waals surface area contributed by atoms with Gasteiger partial charge in [0.25, 0.3) is 0 Å². The second-order valence-corrected chi connectivity index (χ2v) is 14.7. The molecule has 23 heteroatoms. The molecule has 0 aromatic heterocycles. The SMILES string of the molecule is C[C@@H](O)[C@H](NC(=O)[C@H](CCC(=O)O)NC(=O)C1CSCN1C(=O)[C@@H](N)CC(=O)O)C(=O)NCC(=O)N[C@@H](CCC(=O)O)C(=O)NC(CC1CCCCC1)C(=O)O. The highest BCUT2D eigenvalue weighted by Crippen LogP contribution is 2.27. The number of thioether (sulfide) groups is 1. The van der Waals surface area contributed by atoms with Gasteiger partial charge in [0.05, 0.1) is 31.0 Å². The molecule has 314 valence electrons. The lowest BCUT2D eigenvalue weighted by Crippen LogP contribution is -2.60. The summed E-state index contributed by atoms with van der Waals surface area (Å²) in [6, 6.07) is -8.88. The third kappa shape index (κ3) is 16.0. The Balaban J connectivity index is 2.09. The molecular weight excluding hydrogens is 766 g/mol. The van der Waals surface area contributed by atoms with Crippen LogP contribution in [0.25, 0.3) is 0 Å². The minimum absolute atomic E-state index is 0.0255. The van der Waals surface area contributed by atoms with Gasteiger partial charge in [0.15, 0.2) is 0 Å². The molecule has 12 N–H and O–H groups in total. The van der Waals surface area contributed by atoms with E-state index in [1.54, 1.807) is 0 Å². The summed E-state index contributed by atoms with van der Waals surface area (Å²) in [5, 5.41) is 58.7. The van der Waals surface area contributed by atoms with Crippen LogP contribution >= 0.6 is 11.8 Å². The summed E-state index contributed by atoms with van der Waals surface area (Å²) in [5.74, 6) is -11.2. The number of nitrogens with one attached hydrogen (secondary N) is 5. The number of carbonyl (C=O) groups excluding carboxylic acids is 6. The molecule has 2 unspecified atom stereocenters. The zero-order valence-corrected chi connectivity index (χ0v) is 31.6. The lowest BCUT2D eigenvalue weighted by atomic mass is 9.84. The van der Waals surface area contributed by atoms with Crippen LogP contribution in [-0.4, -0.2) is 150 Å². The Kier molecular flexibility index (Phi) is 19.5. The lowest BCUT2D eigenvalue weighted by Gasteiger charge is -2.28. The first kappa shape index (κ1) is 47.1. The molecule has 1 aliphatic carbocycles. The third-order valence-corrected chi connectivity index (χ3v) is 10.2. The van der Waals surface area contributed by atoms with Crippen LogP contribution in [0.5, 0.6) is 0 Å². The zero-order chi connectivity index (χ0) is 42.1. The van der Waals surface area contributed by atoms with Crippen LogP contribution in [-0.2, 0) is 47.9 Å². The smallest absolute Gasteiger partial charge is 0.326 e. The van der Waals surface area contributed by atoms with Gasteiger partial charge in [0, 0.05) is 18.6 Å². The van der Waals surface area contributed by atoms with E-state index in [2.05, 4.69) is 26.6 Å². The average molecular weight is 818 g/mol. The molecule has 7 atom stereocenters. The number of rotatable bonds is 23. The number of hydrogen-bond donors (Lipinski definition) is 11. The number of amides is 6. The van der Waals surface area contributed by atoms with E-state index < -0.39 is 140 Å². The number of carboxylic acid groups (broad SMARTS) is 4. The van der Waals surface area contributed by atoms with Gasteiger partial charge >= 0.3 is 23.9 Å². The molecule has 22 nitrogen and oxygen atoms in total. The molecule has 2 aliphatic rings. The molecule has 2 fully saturated rings. The van der Waals surface area contributed by atoms with Crippen molar-refractivity contribution in [1.29, 1.82) is 0 Å². The standard InChI is InChI=1S/C33H51N7O15S/c1-16(41)27(39-29(50)20(8-10-25(45)46)37-30(51)22-14-56-15-40(22)32(53)18(34)12-26(47)48)31(52)35-13-23(42)36-19(7-9-24(43)44)28(49)38-21(33(54)55)11-17-5-3-2-4-6-17/h16-22,27,41H,2-15,34H2,1H3,(H,35,52)(H,36,42)(H,37,51)(H,38,49)(H,39,50)(H,43,44)(H,45,46)(H,47,48)(H,54,55)/t16-,18+,19+,20+,21?,22?,27+/m1/s1. The summed E-state index contributed by atoms with van der Waals surface area (Å²) in [7, 11) is 0. The maximum absolute atomic E-state index is 13.3. The third-order valence-electron chi connectivity index (χ3n) is 9.15. The number of aliphatic carboxylic acids is 4. The predicted molar refractivity (Wildman–Crippen MR) is 193 cm³/mol. The topological polar surface area (TPSA) is 361 Å². The zero-order valence-electron chi connectivity index (χ0n) is 30.8. The van der Waals surface area contributed by atoms with E-state index in [9.17, 15) is 63.3 Å². The normalized spacial score (nSPS) is 18.8. The number of aliphatic hydroxyl groups excluding tert-OH is 1. The van der Waals surface area contributed by atoms with E-state index in [-0.39, 0.29) is 24.0 Å². The fraction of sp³-hybridized carbons (Fsp3) is 0.697. The van der Waals surface area contributed by atoms with Crippen LogP contribution < -0.4 is 32.3 Å². The number of nitrogens with zero attached hydrogens (tertiary/aromatic N) is 1. The summed E-state index contributed by atoms with van der Waals surface area (Å²) in [4.78, 5) is 125. The highest BCUT2D eigenvalue weighted by atomic mass is 32.2. The van der Waals surface area contributed by atoms with Crippen molar-refractivity contribution >= 4 is 71.1 Å². The summed E-state index contributed by atoms with van der Waals surface area (Å²) in [6.45, 7) is 0.249. The van der Waals surface area contributed by atoms with Crippen molar-refractivity contribution in [2.75, 3.05) is 18.2 Å². The van der Waals surface area contributed by atoms with Gasteiger partial charge < -0.3 is 62.8 Å². The maximum Gasteiger partial charge on any atom is 0.326 e. The maximum atomic E-state index is 13.3. The lowest BCUT2D eigenvalue weighted by molar-refractivity contribution is -0.144. The first-order valence-corrected chi connectivity index (χ1v) is 19.1. The molecule has 0 radical (unpaired) electrons. The Hall–Kier alpha value is -5.03. The van der Waals surface area contributed by atoms with E-state index in [1.165, 1.54) is 0 Å². The van der Waals surface area contributed by atoms with Gasteiger partial charge in [-0.25, -0.2) is 4.79 Å². The fourth-order valence-corrected chi connectivity index (χ4v) is 7.30. The second kappa shape index (κ2) is 23.1. The Labute approximate surface area is 325 Å². The molecule has 0 aromatic carbocycles. The molecular formula is C33H51N7O15S. The summed E-state index contributed by atoms with van der Waals surface area (Å²) >= 11 is 1.14. The van der Waals surface area contributed by atoms with Crippen molar-refractivity contribution in [3.8, 4) is 0 Å². The monoisotopic (exact) mass is 817 g/mol. The minimum atomic E-state index is -1.78. The number of hydrogen-bond acceptors (Lipinski definition) is 13. The molecule has 0 spiro atoms. The number of carboxylic acids is 4. The first-order chi connectivity index (χ1) is 26.3. The molecule has 2 rings (SSSR count). The number of nitrogens with two attached hydrogens (primary N) is 1. The van der Waals surface area contributed by atoms with Gasteiger partial charge in [-0.1, -0.05) is 32.1 Å². The van der Waals surface area contributed by atoms with Gasteiger partial charge in [-0.2, -0.15) is 0 Å². The van der Waals surface area contributed by atoms with Crippen LogP contribution in [0, 0.1) is 5.92 Å². The van der Waals surface area contributed by atoms with Gasteiger partial charge in [-0.05, 0) is 32.1 Å². The van der Waals surface area contributed by atoms with Crippen molar-refractivity contribution in [1.82, 2.24) is 31.5 Å². The second-order valence-electron chi connectivity index (χ2n) is 13.7. The van der Waals surface area contributed by atoms with Crippen LogP contribution in [0.2, 0.25) is 0 Å². The van der Waals surface area contributed by atoms with Crippen molar-refractivity contribution in [2.24, 2.45) is 11.7 Å². The van der Waals surface area contributed by atoms with Crippen molar-refractivity contribution in [3.63, 3.8) is 0 Å². The Morgan fingerprint density at radius 3 is 1.86 bits per heavy atom. The molecule has 1 heterocycles. The van der Waals surface area contributed by atoms with Gasteiger partial charge in [-0.15, -0.1) is 11.8 Å². The molecule has 1 saturated carbocycles. The van der Waals surface area contributed by atoms with Crippen LogP contribution in [0.4, 0.5) is 0 Å². The number of aliphatic hydroxyl groups is 1. The molecule has 1 aliphatic heterocycles. The summed E-state index contributed by atoms with van der Waals surface area (Å²) < 4.78 is 0. The van der Waals surface area contributed by atoms with E-state index in [4.69, 9.17) is 15.9 Å². The highest BCUT2D eigenvalue weighted by Gasteiger charge is 2.39. The van der Waals surface area contributed by atoms with Crippen molar-refractivity contribution in [2.45, 2.75) is 120 Å². The molecule has 6 amide bonds. The van der Waals surface area contributed by atoms with E-state index >= 15 is 0 Å². The molecule has 56 heavy (non-hydrogen) atoms. The van der Waals surface area contributed by atoms with E-state index in [0.717, 1.165) is 55.7 Å². The number of carbonyl (C=O) groups is 10. The first-order valence-electron chi connectivity index (χ1n) is 18.0. The fourth-order valence-electron chi connectivity index (χ4n) is 6.14. The van der Waals surface area contributed by atoms with Gasteiger partial charge in [0.2, 0.25) is 35.4 Å². The highest BCUT2D eigenvalue weighted by molar-refractivity contribution is 7.99. The molecule has 1 saturated heterocycles.